The van der Waals surface area contributed by atoms with Gasteiger partial charge in [-0.1, -0.05) is 0 Å². The van der Waals surface area contributed by atoms with Crippen molar-refractivity contribution in [2.45, 2.75) is 12.8 Å². The van der Waals surface area contributed by atoms with Gasteiger partial charge in [0.1, 0.15) is 5.78 Å². The van der Waals surface area contributed by atoms with Crippen LogP contribution in [-0.2, 0) is 4.79 Å². The van der Waals surface area contributed by atoms with E-state index in [1.54, 1.807) is 0 Å². The van der Waals surface area contributed by atoms with Gasteiger partial charge in [-0.05, 0) is 33.0 Å². The van der Waals surface area contributed by atoms with Gasteiger partial charge in [0, 0.05) is 5.92 Å². The minimum Gasteiger partial charge on any atom is -0.324 e. The lowest BCUT2D eigenvalue weighted by atomic mass is 9.93. The van der Waals surface area contributed by atoms with Crippen molar-refractivity contribution in [3.8, 4) is 0 Å². The lowest BCUT2D eigenvalue weighted by Crippen LogP contribution is -2.35. The Balaban J connectivity index is 0. The van der Waals surface area contributed by atoms with Gasteiger partial charge in [0.05, 0.1) is 6.54 Å². The SMILES string of the molecule is CN1CCC(C(=O)CN)CC1.Cl.Cl. The molecule has 0 aromatic rings. The Morgan fingerprint density at radius 2 is 1.85 bits per heavy atom. The molecule has 1 saturated heterocycles. The Morgan fingerprint density at radius 3 is 2.23 bits per heavy atom. The van der Waals surface area contributed by atoms with E-state index < -0.39 is 0 Å². The maximum absolute atomic E-state index is 11.1. The van der Waals surface area contributed by atoms with Gasteiger partial charge in [-0.15, -0.1) is 24.8 Å². The quantitative estimate of drug-likeness (QED) is 0.758. The molecule has 0 aromatic heterocycles. The largest absolute Gasteiger partial charge is 0.324 e. The van der Waals surface area contributed by atoms with Crippen LogP contribution in [0.4, 0.5) is 0 Å². The van der Waals surface area contributed by atoms with E-state index in [2.05, 4.69) is 11.9 Å². The van der Waals surface area contributed by atoms with E-state index in [1.165, 1.54) is 0 Å². The van der Waals surface area contributed by atoms with Crippen LogP contribution in [0.3, 0.4) is 0 Å². The van der Waals surface area contributed by atoms with Gasteiger partial charge >= 0.3 is 0 Å². The van der Waals surface area contributed by atoms with Crippen molar-refractivity contribution < 1.29 is 4.79 Å². The zero-order chi connectivity index (χ0) is 8.27. The summed E-state index contributed by atoms with van der Waals surface area (Å²) < 4.78 is 0. The number of hydrogen-bond acceptors (Lipinski definition) is 3. The van der Waals surface area contributed by atoms with Crippen molar-refractivity contribution in [1.82, 2.24) is 4.90 Å². The molecule has 1 fully saturated rings. The summed E-state index contributed by atoms with van der Waals surface area (Å²) in [5.41, 5.74) is 5.27. The molecule has 3 nitrogen and oxygen atoms in total. The molecule has 1 heterocycles. The molecule has 1 aliphatic rings. The average Bonchev–Trinajstić information content (AvgIpc) is 2.05. The highest BCUT2D eigenvalue weighted by molar-refractivity contribution is 5.85. The summed E-state index contributed by atoms with van der Waals surface area (Å²) in [6.07, 6.45) is 1.99. The van der Waals surface area contributed by atoms with Crippen LogP contribution in [0.15, 0.2) is 0 Å². The summed E-state index contributed by atoms with van der Waals surface area (Å²) in [6, 6.07) is 0. The summed E-state index contributed by atoms with van der Waals surface area (Å²) in [5.74, 6) is 0.481. The molecule has 5 heteroatoms. The first-order chi connectivity index (χ1) is 5.24. The summed E-state index contributed by atoms with van der Waals surface area (Å²) in [5, 5.41) is 0. The van der Waals surface area contributed by atoms with Crippen LogP contribution in [-0.4, -0.2) is 37.4 Å². The third-order valence-corrected chi connectivity index (χ3v) is 2.38. The van der Waals surface area contributed by atoms with E-state index in [9.17, 15) is 4.79 Å². The summed E-state index contributed by atoms with van der Waals surface area (Å²) in [4.78, 5) is 13.4. The fourth-order valence-electron chi connectivity index (χ4n) is 1.50. The Hall–Kier alpha value is 0.170. The number of hydrogen-bond donors (Lipinski definition) is 1. The van der Waals surface area contributed by atoms with Crippen LogP contribution in [0.1, 0.15) is 12.8 Å². The van der Waals surface area contributed by atoms with Crippen LogP contribution < -0.4 is 5.73 Å². The van der Waals surface area contributed by atoms with Gasteiger partial charge in [0.15, 0.2) is 0 Å². The lowest BCUT2D eigenvalue weighted by molar-refractivity contribution is -0.122. The first kappa shape index (κ1) is 15.6. The number of rotatable bonds is 2. The molecule has 0 saturated carbocycles. The lowest BCUT2D eigenvalue weighted by Gasteiger charge is -2.27. The molecule has 13 heavy (non-hydrogen) atoms. The van der Waals surface area contributed by atoms with E-state index in [1.807, 2.05) is 0 Å². The van der Waals surface area contributed by atoms with E-state index in [0.29, 0.717) is 0 Å². The van der Waals surface area contributed by atoms with Crippen LogP contribution >= 0.6 is 24.8 Å². The van der Waals surface area contributed by atoms with Crippen molar-refractivity contribution in [1.29, 1.82) is 0 Å². The average molecular weight is 229 g/mol. The van der Waals surface area contributed by atoms with Crippen molar-refractivity contribution in [2.24, 2.45) is 11.7 Å². The van der Waals surface area contributed by atoms with Gasteiger partial charge < -0.3 is 10.6 Å². The van der Waals surface area contributed by atoms with Crippen molar-refractivity contribution in [3.05, 3.63) is 0 Å². The second-order valence-corrected chi connectivity index (χ2v) is 3.25. The molecular weight excluding hydrogens is 211 g/mol. The molecule has 1 rings (SSSR count). The fraction of sp³-hybridized carbons (Fsp3) is 0.875. The molecule has 1 aliphatic heterocycles. The maximum Gasteiger partial charge on any atom is 0.149 e. The molecule has 0 unspecified atom stereocenters. The van der Waals surface area contributed by atoms with E-state index >= 15 is 0 Å². The highest BCUT2D eigenvalue weighted by atomic mass is 35.5. The van der Waals surface area contributed by atoms with Gasteiger partial charge in [-0.2, -0.15) is 0 Å². The number of nitrogens with zero attached hydrogens (tertiary/aromatic N) is 1. The van der Waals surface area contributed by atoms with Gasteiger partial charge in [0.2, 0.25) is 0 Å². The predicted molar refractivity (Wildman–Crippen MR) is 58.8 cm³/mol. The minimum atomic E-state index is 0. The number of ketones is 1. The third-order valence-electron chi connectivity index (χ3n) is 2.38. The maximum atomic E-state index is 11.1. The van der Waals surface area contributed by atoms with Crippen molar-refractivity contribution in [3.63, 3.8) is 0 Å². The van der Waals surface area contributed by atoms with Crippen molar-refractivity contribution >= 4 is 30.6 Å². The molecule has 0 radical (unpaired) electrons. The zero-order valence-corrected chi connectivity index (χ0v) is 9.50. The second-order valence-electron chi connectivity index (χ2n) is 3.25. The second kappa shape index (κ2) is 7.56. The highest BCUT2D eigenvalue weighted by Gasteiger charge is 2.21. The van der Waals surface area contributed by atoms with Crippen LogP contribution in [0.25, 0.3) is 0 Å². The number of likely N-dealkylation sites (tertiary alicyclic amines) is 1. The molecule has 0 atom stereocenters. The third kappa shape index (κ3) is 4.81. The smallest absolute Gasteiger partial charge is 0.149 e. The Bertz CT molecular complexity index is 147. The Labute approximate surface area is 91.9 Å². The molecule has 80 valence electrons. The van der Waals surface area contributed by atoms with Crippen LogP contribution in [0, 0.1) is 5.92 Å². The molecule has 0 bridgehead atoms. The number of carbonyl (C=O) groups excluding carboxylic acids is 1. The number of halogens is 2. The molecule has 0 spiro atoms. The normalized spacial score (nSPS) is 18.6. The fourth-order valence-corrected chi connectivity index (χ4v) is 1.50. The summed E-state index contributed by atoms with van der Waals surface area (Å²) >= 11 is 0. The van der Waals surface area contributed by atoms with Gasteiger partial charge in [0.25, 0.3) is 0 Å². The van der Waals surface area contributed by atoms with Crippen LogP contribution in [0.2, 0.25) is 0 Å². The first-order valence-electron chi connectivity index (χ1n) is 4.15. The van der Waals surface area contributed by atoms with E-state index in [4.69, 9.17) is 5.73 Å². The standard InChI is InChI=1S/C8H16N2O.2ClH/c1-10-4-2-7(3-5-10)8(11)6-9;;/h7H,2-6,9H2,1H3;2*1H. The zero-order valence-electron chi connectivity index (χ0n) is 7.86. The molecule has 2 N–H and O–H groups in total. The monoisotopic (exact) mass is 228 g/mol. The number of Topliss-reactive ketones (excluding diaryl/α,β-unsaturated/α-hetero) is 1. The Kier molecular flexibility index (Phi) is 9.09. The number of carbonyl (C=O) groups is 1. The van der Waals surface area contributed by atoms with Crippen LogP contribution in [0.5, 0.6) is 0 Å². The molecule has 0 aliphatic carbocycles. The molecule has 0 amide bonds. The number of nitrogens with two attached hydrogens (primary N) is 1. The van der Waals surface area contributed by atoms with Crippen molar-refractivity contribution in [2.75, 3.05) is 26.7 Å². The highest BCUT2D eigenvalue weighted by Crippen LogP contribution is 2.15. The van der Waals surface area contributed by atoms with Gasteiger partial charge in [-0.25, -0.2) is 0 Å². The topological polar surface area (TPSA) is 46.3 Å². The summed E-state index contributed by atoms with van der Waals surface area (Å²) in [7, 11) is 2.09. The molecular formula is C8H18Cl2N2O. The van der Waals surface area contributed by atoms with E-state index in [-0.39, 0.29) is 43.1 Å². The predicted octanol–water partition coefficient (Wildman–Crippen LogP) is 0.700. The first-order valence-corrected chi connectivity index (χ1v) is 4.15. The van der Waals surface area contributed by atoms with Gasteiger partial charge in [-0.3, -0.25) is 4.79 Å². The molecule has 0 aromatic carbocycles. The Morgan fingerprint density at radius 1 is 1.38 bits per heavy atom. The number of piperidine rings is 1. The minimum absolute atomic E-state index is 0. The van der Waals surface area contributed by atoms with E-state index in [0.717, 1.165) is 25.9 Å². The summed E-state index contributed by atoms with van der Waals surface area (Å²) in [6.45, 7) is 2.29.